The molecule has 60 heavy (non-hydrogen) atoms. The summed E-state index contributed by atoms with van der Waals surface area (Å²) in [4.78, 5) is 64.6. The summed E-state index contributed by atoms with van der Waals surface area (Å²) in [6.07, 6.45) is 2.52. The molecule has 14 N–H and O–H groups in total. The number of nitrogens with zero attached hydrogens (tertiary/aromatic N) is 11. The molecule has 1 aromatic carbocycles. The van der Waals surface area contributed by atoms with Gasteiger partial charge in [-0.25, -0.2) is 19.9 Å². The number of hydrogen-bond donors (Lipinski definition) is 10. The van der Waals surface area contributed by atoms with Crippen molar-refractivity contribution in [3.63, 3.8) is 0 Å². The maximum Gasteiger partial charge on any atom is 0.280 e. The van der Waals surface area contributed by atoms with Gasteiger partial charge in [-0.15, -0.1) is 0 Å². The summed E-state index contributed by atoms with van der Waals surface area (Å²) in [5, 5.41) is 27.4. The van der Waals surface area contributed by atoms with Gasteiger partial charge in [0.2, 0.25) is 17.8 Å². The summed E-state index contributed by atoms with van der Waals surface area (Å²) >= 11 is 11.8. The zero-order valence-electron chi connectivity index (χ0n) is 32.3. The molecule has 7 rings (SSSR count). The molecule has 0 saturated carbocycles. The Morgan fingerprint density at radius 2 is 0.900 bits per heavy atom. The average molecular weight is 863 g/mol. The second kappa shape index (κ2) is 18.0. The van der Waals surface area contributed by atoms with E-state index in [2.05, 4.69) is 72.9 Å². The van der Waals surface area contributed by atoms with Crippen molar-refractivity contribution in [2.45, 2.75) is 37.8 Å². The monoisotopic (exact) mass is 861 g/mol. The van der Waals surface area contributed by atoms with Crippen molar-refractivity contribution in [1.82, 2.24) is 56.2 Å². The number of halogens is 2. The third-order valence-corrected chi connectivity index (χ3v) is 10.8. The number of para-hydroxylation sites is 1. The molecule has 0 unspecified atom stereocenters. The van der Waals surface area contributed by atoms with Gasteiger partial charge in [-0.1, -0.05) is 41.4 Å². The molecule has 3 fully saturated rings. The predicted molar refractivity (Wildman–Crippen MR) is 230 cm³/mol. The topological polar surface area (TPSA) is 337 Å². The Balaban J connectivity index is 0.985. The molecule has 3 aliphatic heterocycles. The van der Waals surface area contributed by atoms with Crippen LogP contribution < -0.4 is 63.8 Å². The molecule has 0 spiro atoms. The summed E-state index contributed by atoms with van der Waals surface area (Å²) in [5.74, 6) is -0.813. The number of guanidine groups is 2. The fraction of sp³-hybridized carbons (Fsp3) is 0.400. The molecule has 23 nitrogen and oxygen atoms in total. The van der Waals surface area contributed by atoms with Gasteiger partial charge in [-0.05, 0) is 37.8 Å². The molecule has 2 amide bonds. The lowest BCUT2D eigenvalue weighted by Gasteiger charge is -2.38. The number of amides is 2. The Bertz CT molecular complexity index is 2120. The highest BCUT2D eigenvalue weighted by atomic mass is 35.5. The van der Waals surface area contributed by atoms with Crippen LogP contribution in [0.15, 0.2) is 30.3 Å². The number of aromatic nitrogens is 7. The zero-order valence-corrected chi connectivity index (χ0v) is 33.8. The van der Waals surface area contributed by atoms with Gasteiger partial charge < -0.3 is 53.2 Å². The van der Waals surface area contributed by atoms with E-state index in [0.29, 0.717) is 69.7 Å². The Labute approximate surface area is 354 Å². The Kier molecular flexibility index (Phi) is 12.4. The van der Waals surface area contributed by atoms with Crippen molar-refractivity contribution in [3.05, 3.63) is 52.0 Å². The van der Waals surface area contributed by atoms with E-state index in [9.17, 15) is 9.59 Å². The van der Waals surface area contributed by atoms with E-state index in [1.54, 1.807) is 0 Å². The minimum absolute atomic E-state index is 0.0985. The largest absolute Gasteiger partial charge is 0.382 e. The number of piperazine rings is 1. The molecule has 0 atom stereocenters. The number of carbonyl (C=O) groups is 2. The zero-order chi connectivity index (χ0) is 42.5. The van der Waals surface area contributed by atoms with Crippen LogP contribution >= 0.6 is 23.2 Å². The Morgan fingerprint density at radius 1 is 0.533 bits per heavy atom. The van der Waals surface area contributed by atoms with Crippen LogP contribution in [0.25, 0.3) is 0 Å². The summed E-state index contributed by atoms with van der Waals surface area (Å²) in [5.41, 5.74) is 23.5. The molecule has 25 heteroatoms. The van der Waals surface area contributed by atoms with Gasteiger partial charge in [0, 0.05) is 70.1 Å². The normalized spacial score (nSPS) is 16.3. The maximum absolute atomic E-state index is 12.8. The second-order valence-electron chi connectivity index (χ2n) is 14.3. The fourth-order valence-electron chi connectivity index (χ4n) is 7.06. The van der Waals surface area contributed by atoms with Gasteiger partial charge in [0.1, 0.15) is 0 Å². The molecular weight excluding hydrogens is 817 g/mol. The van der Waals surface area contributed by atoms with Gasteiger partial charge in [0.05, 0.1) is 0 Å². The fourth-order valence-corrected chi connectivity index (χ4v) is 7.32. The summed E-state index contributed by atoms with van der Waals surface area (Å²) in [7, 11) is 0. The number of carbonyl (C=O) groups excluding carboxylic acids is 2. The number of hydrogen-bond acceptors (Lipinski definition) is 19. The summed E-state index contributed by atoms with van der Waals surface area (Å²) in [6.45, 7) is 5.35. The first kappa shape index (κ1) is 41.4. The number of benzene rings is 1. The lowest BCUT2D eigenvalue weighted by atomic mass is 10.1. The molecule has 3 aromatic heterocycles. The van der Waals surface area contributed by atoms with Crippen LogP contribution in [0.2, 0.25) is 10.3 Å². The standard InChI is InChI=1S/C35H45Cl2N21O2/c36-23-27(40)48-25(38)21(46-23)29(59)50-31(42)44-18-6-10-56(11-7-18)33-52-34(54-35(53-33)58-16-14-55(15-17-58)20-4-2-1-3-5-20)57-12-8-19(9-13-57)45-32(43)51-30(60)22-26(39)49-28(41)24(37)47-22/h1-5,18-19H,6-17H2,(H4,38,40,48)(H4,39,41,49)(H3,42,44,50,59)(H3,43,45,51,60). The maximum atomic E-state index is 12.8. The van der Waals surface area contributed by atoms with Crippen molar-refractivity contribution in [2.75, 3.05) is 94.9 Å². The minimum atomic E-state index is -0.738. The third-order valence-electron chi connectivity index (χ3n) is 10.3. The number of nitrogens with two attached hydrogens (primary N) is 4. The van der Waals surface area contributed by atoms with Crippen molar-refractivity contribution in [3.8, 4) is 0 Å². The number of piperidine rings is 2. The molecule has 0 bridgehead atoms. The first-order valence-corrected chi connectivity index (χ1v) is 19.9. The molecular formula is C35H45Cl2N21O2. The lowest BCUT2D eigenvalue weighted by molar-refractivity contribution is 0.0962. The number of anilines is 8. The van der Waals surface area contributed by atoms with Gasteiger partial charge in [-0.2, -0.15) is 15.0 Å². The van der Waals surface area contributed by atoms with Gasteiger partial charge in [-0.3, -0.25) is 31.0 Å². The molecule has 3 saturated heterocycles. The average Bonchev–Trinajstić information content (AvgIpc) is 3.24. The van der Waals surface area contributed by atoms with Gasteiger partial charge in [0.25, 0.3) is 11.8 Å². The highest BCUT2D eigenvalue weighted by molar-refractivity contribution is 6.32. The highest BCUT2D eigenvalue weighted by Gasteiger charge is 2.29. The third kappa shape index (κ3) is 9.74. The van der Waals surface area contributed by atoms with E-state index < -0.39 is 11.8 Å². The number of nitrogen functional groups attached to an aromatic ring is 4. The van der Waals surface area contributed by atoms with Gasteiger partial charge in [0.15, 0.2) is 56.9 Å². The van der Waals surface area contributed by atoms with Crippen LogP contribution in [-0.2, 0) is 0 Å². The molecule has 4 aromatic rings. The SMILES string of the molecule is N=C(NC(=O)c1nc(Cl)c(N)nc1N)NC1CCN(c2nc(N3CCC(NC(=N)NC(=O)c4nc(Cl)c(N)nc4N)CC3)nc(N3CCN(c4ccccc4)CC3)n2)CC1. The van der Waals surface area contributed by atoms with Crippen molar-refractivity contribution < 1.29 is 9.59 Å². The van der Waals surface area contributed by atoms with E-state index in [-0.39, 0.29) is 69.0 Å². The first-order valence-electron chi connectivity index (χ1n) is 19.1. The molecule has 3 aliphatic rings. The van der Waals surface area contributed by atoms with Gasteiger partial charge >= 0.3 is 0 Å². The van der Waals surface area contributed by atoms with Crippen LogP contribution in [-0.4, -0.2) is 123 Å². The summed E-state index contributed by atoms with van der Waals surface area (Å²) < 4.78 is 0. The Morgan fingerprint density at radius 3 is 1.30 bits per heavy atom. The minimum Gasteiger partial charge on any atom is -0.382 e. The summed E-state index contributed by atoms with van der Waals surface area (Å²) in [6, 6.07) is 10.1. The van der Waals surface area contributed by atoms with E-state index in [1.807, 2.05) is 18.2 Å². The second-order valence-corrected chi connectivity index (χ2v) is 15.0. The smallest absolute Gasteiger partial charge is 0.280 e. The number of rotatable bonds is 8. The molecule has 0 aliphatic carbocycles. The van der Waals surface area contributed by atoms with Crippen LogP contribution in [0.1, 0.15) is 46.7 Å². The lowest BCUT2D eigenvalue weighted by Crippen LogP contribution is -2.51. The van der Waals surface area contributed by atoms with E-state index >= 15 is 0 Å². The van der Waals surface area contributed by atoms with Crippen molar-refractivity contribution in [1.29, 1.82) is 10.8 Å². The predicted octanol–water partition coefficient (Wildman–Crippen LogP) is 0.260. The molecule has 6 heterocycles. The first-order chi connectivity index (χ1) is 28.8. The van der Waals surface area contributed by atoms with Crippen LogP contribution in [0.3, 0.4) is 0 Å². The molecule has 316 valence electrons. The van der Waals surface area contributed by atoms with Crippen LogP contribution in [0.5, 0.6) is 0 Å². The quantitative estimate of drug-likeness (QED) is 0.0839. The van der Waals surface area contributed by atoms with E-state index in [1.165, 1.54) is 5.69 Å². The van der Waals surface area contributed by atoms with E-state index in [4.69, 9.17) is 71.9 Å². The number of nitrogens with one attached hydrogen (secondary N) is 6. The Hall–Kier alpha value is -6.75. The van der Waals surface area contributed by atoms with Crippen molar-refractivity contribution >= 4 is 93.7 Å². The van der Waals surface area contributed by atoms with Crippen LogP contribution in [0, 0.1) is 10.8 Å². The van der Waals surface area contributed by atoms with E-state index in [0.717, 1.165) is 26.2 Å². The highest BCUT2D eigenvalue weighted by Crippen LogP contribution is 2.26. The molecule has 0 radical (unpaired) electrons. The van der Waals surface area contributed by atoms with Crippen LogP contribution in [0.4, 0.5) is 46.8 Å². The van der Waals surface area contributed by atoms with Crippen molar-refractivity contribution in [2.24, 2.45) is 0 Å².